The molecule has 5 heteroatoms. The second-order valence-electron chi connectivity index (χ2n) is 12.2. The SMILES string of the molecule is C/C=C1/C(=O)C2C3CC[C@H]([C@H](C)CCC(=O)OC)[C@@]3(C)CCC2[C@@]2(C)CC[C@@H](OC(C)=O)C[C@@H]12. The molecule has 3 unspecified atom stereocenters. The summed E-state index contributed by atoms with van der Waals surface area (Å²) in [6.07, 6.45) is 10.6. The van der Waals surface area contributed by atoms with Crippen molar-refractivity contribution in [1.29, 1.82) is 0 Å². The molecule has 0 saturated heterocycles. The number of allylic oxidation sites excluding steroid dienone is 2. The lowest BCUT2D eigenvalue weighted by Gasteiger charge is -2.61. The van der Waals surface area contributed by atoms with Gasteiger partial charge in [-0.2, -0.15) is 0 Å². The number of rotatable bonds is 5. The van der Waals surface area contributed by atoms with Crippen LogP contribution in [-0.4, -0.2) is 30.9 Å². The van der Waals surface area contributed by atoms with Crippen LogP contribution >= 0.6 is 0 Å². The maximum absolute atomic E-state index is 14.1. The molecule has 0 aromatic carbocycles. The van der Waals surface area contributed by atoms with E-state index in [0.717, 1.165) is 50.5 Å². The minimum absolute atomic E-state index is 0.0738. The smallest absolute Gasteiger partial charge is 0.305 e. The molecule has 0 aromatic heterocycles. The van der Waals surface area contributed by atoms with Crippen LogP contribution in [0.4, 0.5) is 0 Å². The highest BCUT2D eigenvalue weighted by atomic mass is 16.5. The van der Waals surface area contributed by atoms with Crippen molar-refractivity contribution in [2.45, 2.75) is 98.5 Å². The Balaban J connectivity index is 1.59. The van der Waals surface area contributed by atoms with E-state index in [1.165, 1.54) is 20.5 Å². The molecular formula is C29H44O5. The van der Waals surface area contributed by atoms with Gasteiger partial charge in [0, 0.05) is 19.3 Å². The Morgan fingerprint density at radius 1 is 1.09 bits per heavy atom. The number of carbonyl (C=O) groups excluding carboxylic acids is 3. The van der Waals surface area contributed by atoms with Gasteiger partial charge in [0.2, 0.25) is 0 Å². The van der Waals surface area contributed by atoms with Crippen molar-refractivity contribution in [2.24, 2.45) is 46.3 Å². The zero-order chi connectivity index (χ0) is 24.8. The second-order valence-corrected chi connectivity index (χ2v) is 12.2. The summed E-state index contributed by atoms with van der Waals surface area (Å²) in [6.45, 7) is 10.6. The van der Waals surface area contributed by atoms with Crippen LogP contribution in [0.5, 0.6) is 0 Å². The first kappa shape index (κ1) is 25.4. The van der Waals surface area contributed by atoms with E-state index in [2.05, 4.69) is 26.8 Å². The van der Waals surface area contributed by atoms with Crippen molar-refractivity contribution in [3.05, 3.63) is 11.6 Å². The quantitative estimate of drug-likeness (QED) is 0.368. The van der Waals surface area contributed by atoms with Crippen LogP contribution in [0.1, 0.15) is 92.4 Å². The lowest BCUT2D eigenvalue weighted by molar-refractivity contribution is -0.160. The molecule has 0 aliphatic heterocycles. The summed E-state index contributed by atoms with van der Waals surface area (Å²) in [5.74, 6) is 2.15. The van der Waals surface area contributed by atoms with Crippen LogP contribution in [0.25, 0.3) is 0 Å². The number of ketones is 1. The Kier molecular flexibility index (Phi) is 7.05. The highest BCUT2D eigenvalue weighted by Gasteiger charge is 2.64. The number of ether oxygens (including phenoxy) is 2. The highest BCUT2D eigenvalue weighted by Crippen LogP contribution is 2.68. The summed E-state index contributed by atoms with van der Waals surface area (Å²) in [4.78, 5) is 37.5. The van der Waals surface area contributed by atoms with E-state index in [1.54, 1.807) is 0 Å². The molecule has 5 nitrogen and oxygen atoms in total. The van der Waals surface area contributed by atoms with Crippen LogP contribution in [-0.2, 0) is 23.9 Å². The molecule has 4 rings (SSSR count). The number of hydrogen-bond acceptors (Lipinski definition) is 5. The number of hydrogen-bond donors (Lipinski definition) is 0. The van der Waals surface area contributed by atoms with E-state index in [-0.39, 0.29) is 40.7 Å². The molecule has 9 atom stereocenters. The largest absolute Gasteiger partial charge is 0.469 e. The Bertz CT molecular complexity index is 861. The standard InChI is InChI=1S/C29H44O5/c1-7-20-24-16-19(34-18(3)30)12-14-29(24,5)23-13-15-28(4)21(17(2)8-11-25(31)33-6)9-10-22(28)26(23)27(20)32/h7,17,19,21-24,26H,8-16H2,1-6H3/b20-7+/t17-,19-,21-,22?,23?,24+,26?,28-,29-/m1/s1. The molecule has 34 heavy (non-hydrogen) atoms. The average molecular weight is 473 g/mol. The number of Topliss-reactive ketones (excluding diaryl/α,β-unsaturated/α-hetero) is 1. The molecule has 0 aromatic rings. The van der Waals surface area contributed by atoms with Gasteiger partial charge in [-0.25, -0.2) is 0 Å². The lowest BCUT2D eigenvalue weighted by Crippen LogP contribution is -2.58. The number of fused-ring (bicyclic) bond motifs is 5. The molecule has 190 valence electrons. The van der Waals surface area contributed by atoms with Gasteiger partial charge in [-0.3, -0.25) is 14.4 Å². The maximum Gasteiger partial charge on any atom is 0.305 e. The van der Waals surface area contributed by atoms with E-state index in [4.69, 9.17) is 9.47 Å². The first-order chi connectivity index (χ1) is 16.1. The Hall–Kier alpha value is -1.65. The van der Waals surface area contributed by atoms with Gasteiger partial charge in [-0.1, -0.05) is 26.8 Å². The molecule has 4 aliphatic rings. The summed E-state index contributed by atoms with van der Waals surface area (Å²) < 4.78 is 10.5. The number of methoxy groups -OCH3 is 1. The van der Waals surface area contributed by atoms with E-state index < -0.39 is 0 Å². The molecule has 0 radical (unpaired) electrons. The predicted molar refractivity (Wildman–Crippen MR) is 131 cm³/mol. The summed E-state index contributed by atoms with van der Waals surface area (Å²) in [5, 5.41) is 0. The number of carbonyl (C=O) groups is 3. The van der Waals surface area contributed by atoms with Crippen molar-refractivity contribution in [3.8, 4) is 0 Å². The van der Waals surface area contributed by atoms with Gasteiger partial charge >= 0.3 is 11.9 Å². The summed E-state index contributed by atoms with van der Waals surface area (Å²) in [7, 11) is 1.46. The monoisotopic (exact) mass is 472 g/mol. The zero-order valence-corrected chi connectivity index (χ0v) is 22.0. The van der Waals surface area contributed by atoms with Crippen molar-refractivity contribution >= 4 is 17.7 Å². The minimum atomic E-state index is -0.220. The summed E-state index contributed by atoms with van der Waals surface area (Å²) in [6, 6.07) is 0. The van der Waals surface area contributed by atoms with Gasteiger partial charge in [0.15, 0.2) is 5.78 Å². The van der Waals surface area contributed by atoms with Crippen LogP contribution < -0.4 is 0 Å². The molecule has 0 bridgehead atoms. The predicted octanol–water partition coefficient (Wildman–Crippen LogP) is 5.90. The lowest BCUT2D eigenvalue weighted by atomic mass is 9.43. The van der Waals surface area contributed by atoms with Crippen LogP contribution in [0.2, 0.25) is 0 Å². The van der Waals surface area contributed by atoms with Crippen molar-refractivity contribution in [1.82, 2.24) is 0 Å². The molecule has 4 aliphatic carbocycles. The molecular weight excluding hydrogens is 428 g/mol. The van der Waals surface area contributed by atoms with Gasteiger partial charge in [-0.15, -0.1) is 0 Å². The normalized spacial score (nSPS) is 43.5. The fourth-order valence-corrected chi connectivity index (χ4v) is 9.14. The van der Waals surface area contributed by atoms with E-state index in [9.17, 15) is 14.4 Å². The Labute approximate surface area is 205 Å². The highest BCUT2D eigenvalue weighted by molar-refractivity contribution is 5.99. The van der Waals surface area contributed by atoms with E-state index in [0.29, 0.717) is 35.9 Å². The average Bonchev–Trinajstić information content (AvgIpc) is 3.15. The molecule has 0 amide bonds. The topological polar surface area (TPSA) is 69.7 Å². The van der Waals surface area contributed by atoms with E-state index >= 15 is 0 Å². The zero-order valence-electron chi connectivity index (χ0n) is 22.0. The maximum atomic E-state index is 14.1. The van der Waals surface area contributed by atoms with Gasteiger partial charge in [0.1, 0.15) is 6.10 Å². The van der Waals surface area contributed by atoms with Gasteiger partial charge < -0.3 is 9.47 Å². The third-order valence-corrected chi connectivity index (χ3v) is 10.8. The van der Waals surface area contributed by atoms with Crippen molar-refractivity contribution in [2.75, 3.05) is 7.11 Å². The third kappa shape index (κ3) is 4.05. The van der Waals surface area contributed by atoms with Crippen LogP contribution in [0.3, 0.4) is 0 Å². The summed E-state index contributed by atoms with van der Waals surface area (Å²) >= 11 is 0. The Morgan fingerprint density at radius 3 is 2.41 bits per heavy atom. The summed E-state index contributed by atoms with van der Waals surface area (Å²) in [5.41, 5.74) is 1.24. The first-order valence-corrected chi connectivity index (χ1v) is 13.5. The van der Waals surface area contributed by atoms with Gasteiger partial charge in [0.05, 0.1) is 7.11 Å². The first-order valence-electron chi connectivity index (χ1n) is 13.5. The van der Waals surface area contributed by atoms with Gasteiger partial charge in [-0.05, 0) is 104 Å². The van der Waals surface area contributed by atoms with Crippen LogP contribution in [0, 0.1) is 46.3 Å². The fraction of sp³-hybridized carbons (Fsp3) is 0.828. The minimum Gasteiger partial charge on any atom is -0.469 e. The van der Waals surface area contributed by atoms with E-state index in [1.807, 2.05) is 6.92 Å². The molecule has 4 saturated carbocycles. The van der Waals surface area contributed by atoms with Crippen molar-refractivity contribution in [3.63, 3.8) is 0 Å². The fourth-order valence-electron chi connectivity index (χ4n) is 9.14. The molecule has 0 N–H and O–H groups in total. The third-order valence-electron chi connectivity index (χ3n) is 10.8. The Morgan fingerprint density at radius 2 is 1.76 bits per heavy atom. The van der Waals surface area contributed by atoms with Crippen molar-refractivity contribution < 1.29 is 23.9 Å². The van der Waals surface area contributed by atoms with Crippen LogP contribution in [0.15, 0.2) is 11.6 Å². The molecule has 0 heterocycles. The molecule has 4 fully saturated rings. The van der Waals surface area contributed by atoms with Gasteiger partial charge in [0.25, 0.3) is 0 Å². The number of esters is 2. The molecule has 0 spiro atoms. The second kappa shape index (κ2) is 9.43.